The van der Waals surface area contributed by atoms with Crippen molar-refractivity contribution in [1.82, 2.24) is 0 Å². The van der Waals surface area contributed by atoms with Gasteiger partial charge in [-0.15, -0.1) is 0 Å². The first-order valence-corrected chi connectivity index (χ1v) is 6.73. The van der Waals surface area contributed by atoms with Gasteiger partial charge in [0.05, 0.1) is 14.2 Å². The number of carbonyl (C=O) groups excluding carboxylic acids is 2. The Morgan fingerprint density at radius 1 is 1.00 bits per heavy atom. The SMILES string of the molecule is COc1cccc(OC)c1C(=O)OCC(=O)c1cccc(F)c1. The molecule has 0 unspecified atom stereocenters. The molecule has 0 saturated heterocycles. The average Bonchev–Trinajstić information content (AvgIpc) is 2.58. The van der Waals surface area contributed by atoms with Gasteiger partial charge in [0.25, 0.3) is 0 Å². The van der Waals surface area contributed by atoms with E-state index in [0.29, 0.717) is 0 Å². The lowest BCUT2D eigenvalue weighted by Gasteiger charge is -2.12. The Kier molecular flexibility index (Phi) is 5.30. The van der Waals surface area contributed by atoms with E-state index >= 15 is 0 Å². The van der Waals surface area contributed by atoms with Gasteiger partial charge in [-0.1, -0.05) is 18.2 Å². The van der Waals surface area contributed by atoms with Crippen molar-refractivity contribution in [3.63, 3.8) is 0 Å². The first kappa shape index (κ1) is 16.5. The van der Waals surface area contributed by atoms with Crippen molar-refractivity contribution in [2.45, 2.75) is 0 Å². The summed E-state index contributed by atoms with van der Waals surface area (Å²) >= 11 is 0. The van der Waals surface area contributed by atoms with Gasteiger partial charge in [-0.05, 0) is 24.3 Å². The molecule has 23 heavy (non-hydrogen) atoms. The molecular weight excluding hydrogens is 303 g/mol. The second-order valence-corrected chi connectivity index (χ2v) is 4.55. The molecule has 5 nitrogen and oxygen atoms in total. The summed E-state index contributed by atoms with van der Waals surface area (Å²) in [6.45, 7) is -0.510. The average molecular weight is 318 g/mol. The zero-order chi connectivity index (χ0) is 16.8. The Morgan fingerprint density at radius 2 is 1.61 bits per heavy atom. The monoisotopic (exact) mass is 318 g/mol. The van der Waals surface area contributed by atoms with Gasteiger partial charge in [0.2, 0.25) is 0 Å². The molecule has 0 spiro atoms. The van der Waals surface area contributed by atoms with E-state index in [1.807, 2.05) is 0 Å². The van der Waals surface area contributed by atoms with Gasteiger partial charge in [-0.2, -0.15) is 0 Å². The largest absolute Gasteiger partial charge is 0.496 e. The van der Waals surface area contributed by atoms with Crippen LogP contribution in [0, 0.1) is 5.82 Å². The number of esters is 1. The predicted molar refractivity (Wildman–Crippen MR) is 80.6 cm³/mol. The van der Waals surface area contributed by atoms with Crippen molar-refractivity contribution in [3.05, 3.63) is 59.4 Å². The summed E-state index contributed by atoms with van der Waals surface area (Å²) in [5.74, 6) is -1.26. The Balaban J connectivity index is 2.12. The molecule has 6 heteroatoms. The number of ether oxygens (including phenoxy) is 3. The fraction of sp³-hybridized carbons (Fsp3) is 0.176. The zero-order valence-corrected chi connectivity index (χ0v) is 12.7. The van der Waals surface area contributed by atoms with E-state index < -0.39 is 24.2 Å². The maximum absolute atomic E-state index is 13.1. The van der Waals surface area contributed by atoms with E-state index in [0.717, 1.165) is 6.07 Å². The van der Waals surface area contributed by atoms with Crippen LogP contribution in [0.1, 0.15) is 20.7 Å². The quantitative estimate of drug-likeness (QED) is 0.605. The number of methoxy groups -OCH3 is 2. The molecule has 0 aliphatic rings. The number of rotatable bonds is 6. The lowest BCUT2D eigenvalue weighted by molar-refractivity contribution is 0.0468. The Labute approximate surface area is 132 Å². The molecule has 0 aliphatic carbocycles. The molecule has 0 atom stereocenters. The number of ketones is 1. The van der Waals surface area contributed by atoms with Crippen molar-refractivity contribution in [3.8, 4) is 11.5 Å². The van der Waals surface area contributed by atoms with Crippen LogP contribution in [0.2, 0.25) is 0 Å². The summed E-state index contributed by atoms with van der Waals surface area (Å²) in [4.78, 5) is 24.1. The van der Waals surface area contributed by atoms with E-state index in [2.05, 4.69) is 0 Å². The van der Waals surface area contributed by atoms with Crippen LogP contribution in [-0.2, 0) is 4.74 Å². The molecule has 2 rings (SSSR count). The minimum Gasteiger partial charge on any atom is -0.496 e. The maximum atomic E-state index is 13.1. The van der Waals surface area contributed by atoms with Crippen LogP contribution >= 0.6 is 0 Å². The van der Waals surface area contributed by atoms with Crippen LogP contribution in [0.15, 0.2) is 42.5 Å². The topological polar surface area (TPSA) is 61.8 Å². The highest BCUT2D eigenvalue weighted by Gasteiger charge is 2.21. The van der Waals surface area contributed by atoms with Gasteiger partial charge in [0, 0.05) is 5.56 Å². The summed E-state index contributed by atoms with van der Waals surface area (Å²) < 4.78 is 28.3. The molecule has 2 aromatic carbocycles. The van der Waals surface area contributed by atoms with E-state index in [1.54, 1.807) is 18.2 Å². The Bertz CT molecular complexity index is 704. The summed E-state index contributed by atoms with van der Waals surface area (Å²) in [5.41, 5.74) is 0.217. The third kappa shape index (κ3) is 3.85. The molecule has 0 N–H and O–H groups in total. The number of hydrogen-bond donors (Lipinski definition) is 0. The summed E-state index contributed by atoms with van der Waals surface area (Å²) in [7, 11) is 2.81. The highest BCUT2D eigenvalue weighted by molar-refractivity contribution is 6.00. The Morgan fingerprint density at radius 3 is 2.17 bits per heavy atom. The molecule has 0 fully saturated rings. The predicted octanol–water partition coefficient (Wildman–Crippen LogP) is 2.88. The highest BCUT2D eigenvalue weighted by atomic mass is 19.1. The van der Waals surface area contributed by atoms with E-state index in [-0.39, 0.29) is 22.6 Å². The van der Waals surface area contributed by atoms with E-state index in [9.17, 15) is 14.0 Å². The van der Waals surface area contributed by atoms with Crippen LogP contribution in [-0.4, -0.2) is 32.6 Å². The fourth-order valence-corrected chi connectivity index (χ4v) is 2.00. The molecule has 0 heterocycles. The van der Waals surface area contributed by atoms with E-state index in [4.69, 9.17) is 14.2 Å². The number of Topliss-reactive ketones (excluding diaryl/α,β-unsaturated/α-hetero) is 1. The first-order valence-electron chi connectivity index (χ1n) is 6.73. The third-order valence-electron chi connectivity index (χ3n) is 3.11. The van der Waals surface area contributed by atoms with Gasteiger partial charge in [0.1, 0.15) is 22.9 Å². The van der Waals surface area contributed by atoms with Crippen LogP contribution in [0.4, 0.5) is 4.39 Å². The second-order valence-electron chi connectivity index (χ2n) is 4.55. The minimum atomic E-state index is -0.760. The van der Waals surface area contributed by atoms with Crippen LogP contribution in [0.5, 0.6) is 11.5 Å². The number of carbonyl (C=O) groups is 2. The van der Waals surface area contributed by atoms with Gasteiger partial charge in [-0.3, -0.25) is 4.79 Å². The van der Waals surface area contributed by atoms with Crippen molar-refractivity contribution in [2.75, 3.05) is 20.8 Å². The van der Waals surface area contributed by atoms with Crippen LogP contribution in [0.25, 0.3) is 0 Å². The van der Waals surface area contributed by atoms with E-state index in [1.165, 1.54) is 32.4 Å². The molecule has 0 aliphatic heterocycles. The summed E-state index contributed by atoms with van der Waals surface area (Å²) in [6, 6.07) is 9.98. The molecule has 0 radical (unpaired) electrons. The van der Waals surface area contributed by atoms with Gasteiger partial charge in [0.15, 0.2) is 12.4 Å². The molecule has 2 aromatic rings. The maximum Gasteiger partial charge on any atom is 0.346 e. The molecule has 0 aromatic heterocycles. The second kappa shape index (κ2) is 7.40. The normalized spacial score (nSPS) is 10.0. The number of hydrogen-bond acceptors (Lipinski definition) is 5. The zero-order valence-electron chi connectivity index (χ0n) is 12.7. The van der Waals surface area contributed by atoms with Gasteiger partial charge in [-0.25, -0.2) is 9.18 Å². The van der Waals surface area contributed by atoms with Crippen molar-refractivity contribution >= 4 is 11.8 Å². The minimum absolute atomic E-state index is 0.0875. The lowest BCUT2D eigenvalue weighted by atomic mass is 10.1. The first-order chi connectivity index (χ1) is 11.1. The standard InChI is InChI=1S/C17H15FO5/c1-21-14-7-4-8-15(22-2)16(14)17(20)23-10-13(19)11-5-3-6-12(18)9-11/h3-9H,10H2,1-2H3. The molecule has 0 bridgehead atoms. The van der Waals surface area contributed by atoms with Crippen molar-refractivity contribution in [2.24, 2.45) is 0 Å². The Hall–Kier alpha value is -2.89. The van der Waals surface area contributed by atoms with Crippen LogP contribution in [0.3, 0.4) is 0 Å². The number of halogens is 1. The third-order valence-corrected chi connectivity index (χ3v) is 3.11. The molecule has 0 amide bonds. The smallest absolute Gasteiger partial charge is 0.346 e. The van der Waals surface area contributed by atoms with Gasteiger partial charge >= 0.3 is 5.97 Å². The molecule has 120 valence electrons. The fourth-order valence-electron chi connectivity index (χ4n) is 2.00. The van der Waals surface area contributed by atoms with Gasteiger partial charge < -0.3 is 14.2 Å². The lowest BCUT2D eigenvalue weighted by Crippen LogP contribution is -2.15. The highest BCUT2D eigenvalue weighted by Crippen LogP contribution is 2.28. The van der Waals surface area contributed by atoms with Crippen molar-refractivity contribution < 1.29 is 28.2 Å². The van der Waals surface area contributed by atoms with Crippen LogP contribution < -0.4 is 9.47 Å². The molecular formula is C17H15FO5. The number of benzene rings is 2. The summed E-state index contributed by atoms with van der Waals surface area (Å²) in [6.07, 6.45) is 0. The molecule has 0 saturated carbocycles. The van der Waals surface area contributed by atoms with Crippen molar-refractivity contribution in [1.29, 1.82) is 0 Å². The summed E-state index contributed by atoms with van der Waals surface area (Å²) in [5, 5.41) is 0.